The van der Waals surface area contributed by atoms with Crippen molar-refractivity contribution in [3.8, 4) is 0 Å². The van der Waals surface area contributed by atoms with Gasteiger partial charge in [0, 0.05) is 5.69 Å². The Morgan fingerprint density at radius 1 is 1.48 bits per heavy atom. The van der Waals surface area contributed by atoms with Crippen LogP contribution in [-0.4, -0.2) is 52.6 Å². The van der Waals surface area contributed by atoms with Gasteiger partial charge in [-0.15, -0.1) is 0 Å². The van der Waals surface area contributed by atoms with Crippen LogP contribution in [-0.2, 0) is 9.47 Å². The number of aryl methyl sites for hydroxylation is 2. The van der Waals surface area contributed by atoms with Gasteiger partial charge >= 0.3 is 0 Å². The number of nitrogens with one attached hydrogen (secondary N) is 1. The molecule has 5 atom stereocenters. The summed E-state index contributed by atoms with van der Waals surface area (Å²) in [5.74, 6) is 0.518. The fourth-order valence-corrected chi connectivity index (χ4v) is 3.23. The fraction of sp³-hybridized carbons (Fsp3) is 0.800. The summed E-state index contributed by atoms with van der Waals surface area (Å²) in [6.07, 6.45) is -1.08. The van der Waals surface area contributed by atoms with Gasteiger partial charge in [0.25, 0.3) is 0 Å². The number of aliphatic hydroxyl groups excluding tert-OH is 1. The maximum absolute atomic E-state index is 10.8. The number of aromatic nitrogens is 2. The monoisotopic (exact) mass is 295 g/mol. The Morgan fingerprint density at radius 2 is 2.24 bits per heavy atom. The molecule has 2 aliphatic heterocycles. The van der Waals surface area contributed by atoms with Crippen LogP contribution >= 0.6 is 0 Å². The number of aliphatic hydroxyl groups is 1. The number of rotatable bonds is 4. The molecule has 3 rings (SSSR count). The first-order valence-corrected chi connectivity index (χ1v) is 7.68. The summed E-state index contributed by atoms with van der Waals surface area (Å²) in [5.41, 5.74) is 1.95. The lowest BCUT2D eigenvalue weighted by Gasteiger charge is -2.39. The topological polar surface area (TPSA) is 68.5 Å². The van der Waals surface area contributed by atoms with E-state index >= 15 is 0 Å². The average Bonchev–Trinajstić information content (AvgIpc) is 2.95. The van der Waals surface area contributed by atoms with Gasteiger partial charge in [0.15, 0.2) is 6.29 Å². The van der Waals surface area contributed by atoms with Gasteiger partial charge in [0.1, 0.15) is 12.1 Å². The molecule has 6 nitrogen and oxygen atoms in total. The van der Waals surface area contributed by atoms with E-state index in [-0.39, 0.29) is 18.2 Å². The first-order valence-electron chi connectivity index (χ1n) is 7.68. The summed E-state index contributed by atoms with van der Waals surface area (Å²) >= 11 is 0. The maximum atomic E-state index is 10.8. The largest absolute Gasteiger partial charge is 0.389 e. The molecular weight excluding hydrogens is 270 g/mol. The first kappa shape index (κ1) is 15.0. The van der Waals surface area contributed by atoms with Crippen molar-refractivity contribution in [3.05, 3.63) is 17.5 Å². The van der Waals surface area contributed by atoms with Crippen LogP contribution in [0.5, 0.6) is 0 Å². The number of ether oxygens (including phenoxy) is 2. The van der Waals surface area contributed by atoms with Gasteiger partial charge in [-0.1, -0.05) is 13.8 Å². The summed E-state index contributed by atoms with van der Waals surface area (Å²) in [4.78, 5) is 0. The van der Waals surface area contributed by atoms with E-state index in [0.29, 0.717) is 12.5 Å². The SMILES string of the molecule is Cc1cc(C)n(C2C3OCC(O3)C(NCC(C)C)C2O)n1. The minimum Gasteiger partial charge on any atom is -0.389 e. The smallest absolute Gasteiger partial charge is 0.183 e. The van der Waals surface area contributed by atoms with Crippen LogP contribution in [0, 0.1) is 19.8 Å². The highest BCUT2D eigenvalue weighted by atomic mass is 16.7. The highest BCUT2D eigenvalue weighted by molar-refractivity contribution is 5.10. The predicted molar refractivity (Wildman–Crippen MR) is 78.0 cm³/mol. The second-order valence-corrected chi connectivity index (χ2v) is 6.56. The van der Waals surface area contributed by atoms with Crippen LogP contribution in [0.3, 0.4) is 0 Å². The van der Waals surface area contributed by atoms with Crippen LogP contribution in [0.1, 0.15) is 31.3 Å². The maximum Gasteiger partial charge on any atom is 0.183 e. The third-order valence-corrected chi connectivity index (χ3v) is 4.22. The van der Waals surface area contributed by atoms with E-state index in [4.69, 9.17) is 9.47 Å². The summed E-state index contributed by atoms with van der Waals surface area (Å²) in [5, 5.41) is 18.8. The molecule has 2 N–H and O–H groups in total. The molecular formula is C15H25N3O3. The first-order chi connectivity index (χ1) is 9.97. The highest BCUT2D eigenvalue weighted by Gasteiger charge is 2.51. The number of nitrogens with zero attached hydrogens (tertiary/aromatic N) is 2. The van der Waals surface area contributed by atoms with Gasteiger partial charge in [0.2, 0.25) is 0 Å². The normalized spacial score (nSPS) is 35.6. The van der Waals surface area contributed by atoms with Crippen molar-refractivity contribution in [2.75, 3.05) is 13.2 Å². The Morgan fingerprint density at radius 3 is 2.86 bits per heavy atom. The molecule has 5 unspecified atom stereocenters. The molecule has 2 saturated heterocycles. The number of fused-ring (bicyclic) bond motifs is 2. The minimum atomic E-state index is -0.576. The van der Waals surface area contributed by atoms with Crippen molar-refractivity contribution in [2.45, 2.75) is 58.3 Å². The standard InChI is InChI=1S/C15H25N3O3/c1-8(2)6-16-12-11-7-20-15(21-11)13(14(12)19)18-10(4)5-9(3)17-18/h5,8,11-16,19H,6-7H2,1-4H3. The van der Waals surface area contributed by atoms with Crippen molar-refractivity contribution in [3.63, 3.8) is 0 Å². The van der Waals surface area contributed by atoms with Gasteiger partial charge in [0.05, 0.1) is 24.4 Å². The Labute approximate surface area is 125 Å². The summed E-state index contributed by atoms with van der Waals surface area (Å²) in [7, 11) is 0. The average molecular weight is 295 g/mol. The van der Waals surface area contributed by atoms with E-state index < -0.39 is 12.4 Å². The van der Waals surface area contributed by atoms with Gasteiger partial charge in [-0.05, 0) is 32.4 Å². The predicted octanol–water partition coefficient (Wildman–Crippen LogP) is 0.771. The minimum absolute atomic E-state index is 0.0861. The molecule has 0 aliphatic carbocycles. The molecule has 0 radical (unpaired) electrons. The zero-order valence-corrected chi connectivity index (χ0v) is 13.1. The van der Waals surface area contributed by atoms with E-state index in [1.54, 1.807) is 0 Å². The van der Waals surface area contributed by atoms with Crippen LogP contribution in [0.2, 0.25) is 0 Å². The summed E-state index contributed by atoms with van der Waals surface area (Å²) < 4.78 is 13.5. The Bertz CT molecular complexity index is 502. The molecule has 2 fully saturated rings. The Balaban J connectivity index is 1.84. The van der Waals surface area contributed by atoms with Gasteiger partial charge in [-0.25, -0.2) is 0 Å². The van der Waals surface area contributed by atoms with E-state index in [9.17, 15) is 5.11 Å². The Kier molecular flexibility index (Phi) is 4.05. The van der Waals surface area contributed by atoms with Crippen molar-refractivity contribution in [1.82, 2.24) is 15.1 Å². The molecule has 1 aromatic rings. The molecule has 0 spiro atoms. The molecule has 0 amide bonds. The molecule has 3 heterocycles. The Hall–Kier alpha value is -0.950. The van der Waals surface area contributed by atoms with Gasteiger partial charge < -0.3 is 19.9 Å². The van der Waals surface area contributed by atoms with Crippen molar-refractivity contribution in [1.29, 1.82) is 0 Å². The zero-order valence-electron chi connectivity index (χ0n) is 13.1. The lowest BCUT2D eigenvalue weighted by Crippen LogP contribution is -2.58. The van der Waals surface area contributed by atoms with Crippen LogP contribution in [0.25, 0.3) is 0 Å². The molecule has 118 valence electrons. The van der Waals surface area contributed by atoms with Crippen molar-refractivity contribution in [2.24, 2.45) is 5.92 Å². The molecule has 0 aromatic carbocycles. The fourth-order valence-electron chi connectivity index (χ4n) is 3.23. The molecule has 2 aliphatic rings. The molecule has 21 heavy (non-hydrogen) atoms. The van der Waals surface area contributed by atoms with Crippen LogP contribution in [0.4, 0.5) is 0 Å². The van der Waals surface area contributed by atoms with E-state index in [1.165, 1.54) is 0 Å². The highest BCUT2D eigenvalue weighted by Crippen LogP contribution is 2.36. The molecule has 6 heteroatoms. The second-order valence-electron chi connectivity index (χ2n) is 6.56. The summed E-state index contributed by atoms with van der Waals surface area (Å²) in [6, 6.07) is 1.58. The summed E-state index contributed by atoms with van der Waals surface area (Å²) in [6.45, 7) is 9.60. The lowest BCUT2D eigenvalue weighted by molar-refractivity contribution is -0.168. The van der Waals surface area contributed by atoms with E-state index in [1.807, 2.05) is 24.6 Å². The molecule has 2 bridgehead atoms. The number of hydrogen-bond acceptors (Lipinski definition) is 5. The van der Waals surface area contributed by atoms with Gasteiger partial charge in [-0.2, -0.15) is 5.10 Å². The molecule has 1 aromatic heterocycles. The van der Waals surface area contributed by atoms with Crippen LogP contribution in [0.15, 0.2) is 6.07 Å². The van der Waals surface area contributed by atoms with Crippen molar-refractivity contribution < 1.29 is 14.6 Å². The quantitative estimate of drug-likeness (QED) is 0.859. The van der Waals surface area contributed by atoms with Gasteiger partial charge in [-0.3, -0.25) is 4.68 Å². The van der Waals surface area contributed by atoms with Crippen molar-refractivity contribution >= 4 is 0 Å². The van der Waals surface area contributed by atoms with E-state index in [0.717, 1.165) is 17.9 Å². The lowest BCUT2D eigenvalue weighted by atomic mass is 9.95. The number of hydrogen-bond donors (Lipinski definition) is 2. The third kappa shape index (κ3) is 2.73. The van der Waals surface area contributed by atoms with E-state index in [2.05, 4.69) is 24.3 Å². The zero-order chi connectivity index (χ0) is 15.1. The third-order valence-electron chi connectivity index (χ3n) is 4.22. The second kappa shape index (κ2) is 5.68. The van der Waals surface area contributed by atoms with Crippen LogP contribution < -0.4 is 5.32 Å². The molecule has 0 saturated carbocycles.